The first-order valence-electron chi connectivity index (χ1n) is 10.5. The summed E-state index contributed by atoms with van der Waals surface area (Å²) in [6.45, 7) is 1.89. The number of rotatable bonds is 4. The van der Waals surface area contributed by atoms with Crippen LogP contribution < -0.4 is 5.56 Å². The second-order valence-electron chi connectivity index (χ2n) is 8.09. The Morgan fingerprint density at radius 1 is 1.00 bits per heavy atom. The number of fused-ring (bicyclic) bond motifs is 1. The van der Waals surface area contributed by atoms with Crippen molar-refractivity contribution in [3.05, 3.63) is 70.5 Å². The Morgan fingerprint density at radius 2 is 1.86 bits per heavy atom. The fourth-order valence-corrected chi connectivity index (χ4v) is 4.95. The van der Waals surface area contributed by atoms with Gasteiger partial charge in [-0.2, -0.15) is 0 Å². The zero-order valence-electron chi connectivity index (χ0n) is 16.1. The number of nitrogens with zero attached hydrogens (tertiary/aromatic N) is 4. The highest BCUT2D eigenvalue weighted by atomic mass is 16.1. The molecule has 1 aliphatic carbocycles. The summed E-state index contributed by atoms with van der Waals surface area (Å²) in [4.78, 5) is 25.2. The van der Waals surface area contributed by atoms with E-state index in [-0.39, 0.29) is 11.6 Å². The summed E-state index contributed by atoms with van der Waals surface area (Å²) >= 11 is 0. The molecule has 2 fully saturated rings. The van der Waals surface area contributed by atoms with Gasteiger partial charge in [0.15, 0.2) is 0 Å². The molecule has 1 atom stereocenters. The molecule has 5 rings (SSSR count). The minimum Gasteiger partial charge on any atom is -0.292 e. The van der Waals surface area contributed by atoms with Crippen molar-refractivity contribution >= 4 is 10.9 Å². The summed E-state index contributed by atoms with van der Waals surface area (Å²) in [6, 6.07) is 12.4. The van der Waals surface area contributed by atoms with Gasteiger partial charge in [0, 0.05) is 25.0 Å². The highest BCUT2D eigenvalue weighted by Gasteiger charge is 2.33. The highest BCUT2D eigenvalue weighted by molar-refractivity contribution is 5.77. The molecule has 3 aromatic rings. The van der Waals surface area contributed by atoms with Crippen LogP contribution in [0.2, 0.25) is 0 Å². The molecule has 1 saturated heterocycles. The Labute approximate surface area is 165 Å². The summed E-state index contributed by atoms with van der Waals surface area (Å²) in [5.74, 6) is 0.969. The van der Waals surface area contributed by atoms with Crippen LogP contribution in [-0.4, -0.2) is 26.0 Å². The van der Waals surface area contributed by atoms with Crippen LogP contribution >= 0.6 is 0 Å². The lowest BCUT2D eigenvalue weighted by molar-refractivity contribution is 0.228. The maximum atomic E-state index is 13.5. The first-order chi connectivity index (χ1) is 13.8. The lowest BCUT2D eigenvalue weighted by Crippen LogP contribution is -2.33. The van der Waals surface area contributed by atoms with Crippen LogP contribution in [0.1, 0.15) is 62.0 Å². The normalized spacial score (nSPS) is 20.9. The summed E-state index contributed by atoms with van der Waals surface area (Å²) in [5, 5.41) is 0.745. The molecule has 1 saturated carbocycles. The predicted octanol–water partition coefficient (Wildman–Crippen LogP) is 4.24. The average Bonchev–Trinajstić information content (AvgIpc) is 3.41. The Kier molecular flexibility index (Phi) is 4.69. The van der Waals surface area contributed by atoms with E-state index in [0.717, 1.165) is 55.5 Å². The number of benzene rings is 1. The van der Waals surface area contributed by atoms with Crippen LogP contribution in [0.25, 0.3) is 10.9 Å². The second-order valence-corrected chi connectivity index (χ2v) is 8.09. The Bertz CT molecular complexity index is 1020. The summed E-state index contributed by atoms with van der Waals surface area (Å²) in [7, 11) is 0. The van der Waals surface area contributed by atoms with Crippen LogP contribution in [0.3, 0.4) is 0 Å². The third kappa shape index (κ3) is 3.14. The van der Waals surface area contributed by atoms with E-state index in [1.807, 2.05) is 42.7 Å². The van der Waals surface area contributed by atoms with Crippen LogP contribution in [-0.2, 0) is 6.54 Å². The maximum Gasteiger partial charge on any atom is 0.261 e. The quantitative estimate of drug-likeness (QED) is 0.685. The third-order valence-electron chi connectivity index (χ3n) is 6.30. The zero-order chi connectivity index (χ0) is 18.9. The lowest BCUT2D eigenvalue weighted by atomic mass is 10.1. The molecule has 2 aliphatic rings. The topological polar surface area (TPSA) is 51.0 Å². The average molecular weight is 374 g/mol. The molecule has 0 spiro atoms. The van der Waals surface area contributed by atoms with Gasteiger partial charge in [0.25, 0.3) is 5.56 Å². The van der Waals surface area contributed by atoms with Crippen molar-refractivity contribution in [2.24, 2.45) is 0 Å². The molecule has 2 aromatic heterocycles. The van der Waals surface area contributed by atoms with Gasteiger partial charge in [0.1, 0.15) is 5.82 Å². The fraction of sp³-hybridized carbons (Fsp3) is 0.435. The smallest absolute Gasteiger partial charge is 0.261 e. The van der Waals surface area contributed by atoms with Crippen LogP contribution in [0, 0.1) is 0 Å². The van der Waals surface area contributed by atoms with Crippen molar-refractivity contribution < 1.29 is 0 Å². The van der Waals surface area contributed by atoms with Gasteiger partial charge in [-0.05, 0) is 56.0 Å². The molecule has 0 radical (unpaired) electrons. The Hall–Kier alpha value is -2.53. The van der Waals surface area contributed by atoms with E-state index in [4.69, 9.17) is 4.98 Å². The van der Waals surface area contributed by atoms with E-state index in [1.54, 1.807) is 0 Å². The Balaban J connectivity index is 1.60. The van der Waals surface area contributed by atoms with Crippen molar-refractivity contribution in [3.8, 4) is 0 Å². The molecule has 1 unspecified atom stereocenters. The summed E-state index contributed by atoms with van der Waals surface area (Å²) in [5.41, 5.74) is 2.18. The van der Waals surface area contributed by atoms with Gasteiger partial charge in [-0.1, -0.05) is 31.0 Å². The van der Waals surface area contributed by atoms with E-state index in [2.05, 4.69) is 20.5 Å². The number of aromatic nitrogens is 3. The minimum atomic E-state index is 0.140. The van der Waals surface area contributed by atoms with Crippen molar-refractivity contribution in [1.29, 1.82) is 0 Å². The number of likely N-dealkylation sites (tertiary alicyclic amines) is 1. The zero-order valence-corrected chi connectivity index (χ0v) is 16.1. The summed E-state index contributed by atoms with van der Waals surface area (Å²) in [6.07, 6.45) is 10.5. The standard InChI is InChI=1S/C23H26N4O/c28-23-19-10-3-4-11-20(19)25-22(27(23)18-8-1-2-9-18)21-12-6-14-26(21)16-17-7-5-13-24-15-17/h3-5,7,10-11,13,15,18,21H,1-2,6,8-9,12,14,16H2. The van der Waals surface area contributed by atoms with Gasteiger partial charge in [-0.15, -0.1) is 0 Å². The second kappa shape index (κ2) is 7.47. The molecule has 1 aliphatic heterocycles. The number of hydrogen-bond donors (Lipinski definition) is 0. The first-order valence-corrected chi connectivity index (χ1v) is 10.5. The van der Waals surface area contributed by atoms with E-state index in [1.165, 1.54) is 18.4 Å². The minimum absolute atomic E-state index is 0.140. The molecule has 0 bridgehead atoms. The van der Waals surface area contributed by atoms with Gasteiger partial charge in [-0.3, -0.25) is 19.2 Å². The van der Waals surface area contributed by atoms with Crippen LogP contribution in [0.15, 0.2) is 53.6 Å². The molecule has 1 aromatic carbocycles. The van der Waals surface area contributed by atoms with E-state index in [0.29, 0.717) is 6.04 Å². The monoisotopic (exact) mass is 374 g/mol. The van der Waals surface area contributed by atoms with E-state index >= 15 is 0 Å². The number of hydrogen-bond acceptors (Lipinski definition) is 4. The van der Waals surface area contributed by atoms with Crippen LogP contribution in [0.4, 0.5) is 0 Å². The molecular weight excluding hydrogens is 348 g/mol. The van der Waals surface area contributed by atoms with Crippen molar-refractivity contribution in [3.63, 3.8) is 0 Å². The largest absolute Gasteiger partial charge is 0.292 e. The van der Waals surface area contributed by atoms with Crippen molar-refractivity contribution in [1.82, 2.24) is 19.4 Å². The molecule has 28 heavy (non-hydrogen) atoms. The van der Waals surface area contributed by atoms with Gasteiger partial charge in [0.05, 0.1) is 16.9 Å². The van der Waals surface area contributed by atoms with E-state index in [9.17, 15) is 4.79 Å². The molecule has 0 N–H and O–H groups in total. The van der Waals surface area contributed by atoms with Gasteiger partial charge in [-0.25, -0.2) is 4.98 Å². The van der Waals surface area contributed by atoms with Gasteiger partial charge in [0.2, 0.25) is 0 Å². The van der Waals surface area contributed by atoms with Gasteiger partial charge >= 0.3 is 0 Å². The molecular formula is C23H26N4O. The van der Waals surface area contributed by atoms with Gasteiger partial charge < -0.3 is 0 Å². The molecule has 5 heteroatoms. The molecule has 0 amide bonds. The Morgan fingerprint density at radius 3 is 2.68 bits per heavy atom. The predicted molar refractivity (Wildman–Crippen MR) is 110 cm³/mol. The fourth-order valence-electron chi connectivity index (χ4n) is 4.95. The maximum absolute atomic E-state index is 13.5. The third-order valence-corrected chi connectivity index (χ3v) is 6.30. The molecule has 3 heterocycles. The lowest BCUT2D eigenvalue weighted by Gasteiger charge is -2.28. The van der Waals surface area contributed by atoms with Crippen LogP contribution in [0.5, 0.6) is 0 Å². The summed E-state index contributed by atoms with van der Waals surface area (Å²) < 4.78 is 2.06. The highest BCUT2D eigenvalue weighted by Crippen LogP contribution is 2.36. The number of para-hydroxylation sites is 1. The first kappa shape index (κ1) is 17.6. The molecule has 5 nitrogen and oxygen atoms in total. The number of pyridine rings is 1. The SMILES string of the molecule is O=c1c2ccccc2nc(C2CCCN2Cc2cccnc2)n1C1CCCC1. The molecule has 144 valence electrons. The van der Waals surface area contributed by atoms with Crippen molar-refractivity contribution in [2.45, 2.75) is 57.2 Å². The van der Waals surface area contributed by atoms with E-state index < -0.39 is 0 Å². The van der Waals surface area contributed by atoms with Crippen molar-refractivity contribution in [2.75, 3.05) is 6.54 Å².